The Kier molecular flexibility index (Phi) is 4.48. The molecule has 0 saturated heterocycles. The second-order valence-electron chi connectivity index (χ2n) is 5.17. The van der Waals surface area contributed by atoms with E-state index in [1.54, 1.807) is 36.4 Å². The summed E-state index contributed by atoms with van der Waals surface area (Å²) in [6, 6.07) is 12.1. The molecule has 0 spiro atoms. The maximum atomic E-state index is 12.1. The summed E-state index contributed by atoms with van der Waals surface area (Å²) in [4.78, 5) is 12.1. The first-order valence-corrected chi connectivity index (χ1v) is 6.83. The minimum absolute atomic E-state index is 0.0298. The molecule has 0 unspecified atom stereocenters. The Labute approximate surface area is 124 Å². The number of carbonyl (C=O) groups is 1. The summed E-state index contributed by atoms with van der Waals surface area (Å²) in [5.41, 5.74) is 1.83. The van der Waals surface area contributed by atoms with E-state index in [2.05, 4.69) is 5.32 Å². The van der Waals surface area contributed by atoms with E-state index in [4.69, 9.17) is 4.74 Å². The number of aromatic hydroxyl groups is 1. The zero-order valence-corrected chi connectivity index (χ0v) is 12.4. The standard InChI is InChI=1S/C17H19NO3/c1-11(2)21-14-7-5-13(6-8-14)18-17(20)15-10-12(3)4-9-16(15)19/h4-11,19H,1-3H3,(H,18,20). The number of nitrogens with one attached hydrogen (secondary N) is 1. The molecule has 2 rings (SSSR count). The van der Waals surface area contributed by atoms with Crippen molar-refractivity contribution in [2.24, 2.45) is 0 Å². The molecule has 0 fully saturated rings. The van der Waals surface area contributed by atoms with Crippen molar-refractivity contribution in [2.75, 3.05) is 5.32 Å². The van der Waals surface area contributed by atoms with Gasteiger partial charge in [-0.1, -0.05) is 11.6 Å². The molecule has 2 aromatic rings. The third-order valence-corrected chi connectivity index (χ3v) is 2.88. The largest absolute Gasteiger partial charge is 0.507 e. The average molecular weight is 285 g/mol. The Morgan fingerprint density at radius 1 is 1.14 bits per heavy atom. The highest BCUT2D eigenvalue weighted by atomic mass is 16.5. The number of aryl methyl sites for hydroxylation is 1. The van der Waals surface area contributed by atoms with Gasteiger partial charge in [-0.25, -0.2) is 0 Å². The van der Waals surface area contributed by atoms with Crippen LogP contribution in [0.2, 0.25) is 0 Å². The van der Waals surface area contributed by atoms with Gasteiger partial charge in [0.1, 0.15) is 11.5 Å². The van der Waals surface area contributed by atoms with Gasteiger partial charge in [0.25, 0.3) is 5.91 Å². The van der Waals surface area contributed by atoms with Crippen molar-refractivity contribution in [1.82, 2.24) is 0 Å². The van der Waals surface area contributed by atoms with Crippen LogP contribution in [0, 0.1) is 6.92 Å². The Hall–Kier alpha value is -2.49. The monoisotopic (exact) mass is 285 g/mol. The van der Waals surface area contributed by atoms with Crippen LogP contribution in [0.3, 0.4) is 0 Å². The predicted molar refractivity (Wildman–Crippen MR) is 83.0 cm³/mol. The minimum atomic E-state index is -0.339. The predicted octanol–water partition coefficient (Wildman–Crippen LogP) is 3.74. The van der Waals surface area contributed by atoms with Crippen molar-refractivity contribution < 1.29 is 14.6 Å². The summed E-state index contributed by atoms with van der Waals surface area (Å²) >= 11 is 0. The zero-order valence-electron chi connectivity index (χ0n) is 12.4. The molecule has 0 saturated carbocycles. The van der Waals surface area contributed by atoms with Crippen LogP contribution in [-0.4, -0.2) is 17.1 Å². The first-order valence-electron chi connectivity index (χ1n) is 6.83. The maximum Gasteiger partial charge on any atom is 0.259 e. The van der Waals surface area contributed by atoms with Crippen molar-refractivity contribution in [1.29, 1.82) is 0 Å². The summed E-state index contributed by atoms with van der Waals surface area (Å²) in [6.45, 7) is 5.78. The van der Waals surface area contributed by atoms with Crippen LogP contribution < -0.4 is 10.1 Å². The summed E-state index contributed by atoms with van der Waals surface area (Å²) < 4.78 is 5.54. The maximum absolute atomic E-state index is 12.1. The van der Waals surface area contributed by atoms with Crippen molar-refractivity contribution in [3.63, 3.8) is 0 Å². The van der Waals surface area contributed by atoms with Gasteiger partial charge >= 0.3 is 0 Å². The third-order valence-electron chi connectivity index (χ3n) is 2.88. The highest BCUT2D eigenvalue weighted by Gasteiger charge is 2.11. The highest BCUT2D eigenvalue weighted by molar-refractivity contribution is 6.06. The Morgan fingerprint density at radius 2 is 1.81 bits per heavy atom. The number of phenols is 1. The first-order chi connectivity index (χ1) is 9.95. The Bertz CT molecular complexity index is 633. The molecule has 110 valence electrons. The van der Waals surface area contributed by atoms with Gasteiger partial charge in [0.15, 0.2) is 0 Å². The highest BCUT2D eigenvalue weighted by Crippen LogP contribution is 2.21. The van der Waals surface area contributed by atoms with E-state index in [1.807, 2.05) is 20.8 Å². The molecule has 2 N–H and O–H groups in total. The Balaban J connectivity index is 2.10. The fraction of sp³-hybridized carbons (Fsp3) is 0.235. The quantitative estimate of drug-likeness (QED) is 0.899. The van der Waals surface area contributed by atoms with Crippen LogP contribution in [-0.2, 0) is 0 Å². The van der Waals surface area contributed by atoms with Gasteiger partial charge in [0.05, 0.1) is 11.7 Å². The van der Waals surface area contributed by atoms with Gasteiger partial charge in [-0.05, 0) is 57.2 Å². The van der Waals surface area contributed by atoms with E-state index in [9.17, 15) is 9.90 Å². The van der Waals surface area contributed by atoms with Crippen LogP contribution in [0.4, 0.5) is 5.69 Å². The topological polar surface area (TPSA) is 58.6 Å². The molecular formula is C17H19NO3. The molecule has 4 nitrogen and oxygen atoms in total. The molecule has 1 amide bonds. The molecule has 0 bridgehead atoms. The van der Waals surface area contributed by atoms with Crippen molar-refractivity contribution in [3.8, 4) is 11.5 Å². The van der Waals surface area contributed by atoms with Gasteiger partial charge in [0.2, 0.25) is 0 Å². The van der Waals surface area contributed by atoms with Gasteiger partial charge in [-0.2, -0.15) is 0 Å². The molecular weight excluding hydrogens is 266 g/mol. The molecule has 21 heavy (non-hydrogen) atoms. The van der Waals surface area contributed by atoms with Crippen molar-refractivity contribution in [3.05, 3.63) is 53.6 Å². The molecule has 0 aromatic heterocycles. The molecule has 0 aliphatic heterocycles. The summed E-state index contributed by atoms with van der Waals surface area (Å²) in [6.07, 6.45) is 0.106. The first kappa shape index (κ1) is 14.9. The molecule has 0 aliphatic carbocycles. The van der Waals surface area contributed by atoms with Crippen LogP contribution in [0.25, 0.3) is 0 Å². The molecule has 4 heteroatoms. The van der Waals surface area contributed by atoms with E-state index in [0.29, 0.717) is 5.69 Å². The lowest BCUT2D eigenvalue weighted by Crippen LogP contribution is -2.12. The fourth-order valence-corrected chi connectivity index (χ4v) is 1.92. The second-order valence-corrected chi connectivity index (χ2v) is 5.17. The number of carbonyl (C=O) groups excluding carboxylic acids is 1. The number of amides is 1. The lowest BCUT2D eigenvalue weighted by Gasteiger charge is -2.11. The second kappa shape index (κ2) is 6.31. The number of ether oxygens (including phenoxy) is 1. The smallest absolute Gasteiger partial charge is 0.259 e. The molecule has 0 heterocycles. The number of hydrogen-bond acceptors (Lipinski definition) is 3. The molecule has 2 aromatic carbocycles. The van der Waals surface area contributed by atoms with Crippen LogP contribution >= 0.6 is 0 Å². The van der Waals surface area contributed by atoms with E-state index in [0.717, 1.165) is 11.3 Å². The van der Waals surface area contributed by atoms with E-state index in [1.165, 1.54) is 6.07 Å². The molecule has 0 atom stereocenters. The summed E-state index contributed by atoms with van der Waals surface area (Å²) in [7, 11) is 0. The van der Waals surface area contributed by atoms with Crippen LogP contribution in [0.1, 0.15) is 29.8 Å². The fourth-order valence-electron chi connectivity index (χ4n) is 1.92. The van der Waals surface area contributed by atoms with E-state index < -0.39 is 0 Å². The Morgan fingerprint density at radius 3 is 2.43 bits per heavy atom. The van der Waals surface area contributed by atoms with Crippen LogP contribution in [0.15, 0.2) is 42.5 Å². The van der Waals surface area contributed by atoms with Crippen molar-refractivity contribution in [2.45, 2.75) is 26.9 Å². The third kappa shape index (κ3) is 3.99. The molecule has 0 aliphatic rings. The van der Waals surface area contributed by atoms with Gasteiger partial charge in [-0.15, -0.1) is 0 Å². The van der Waals surface area contributed by atoms with Crippen molar-refractivity contribution >= 4 is 11.6 Å². The van der Waals surface area contributed by atoms with Crippen LogP contribution in [0.5, 0.6) is 11.5 Å². The number of rotatable bonds is 4. The van der Waals surface area contributed by atoms with E-state index >= 15 is 0 Å². The number of benzene rings is 2. The van der Waals surface area contributed by atoms with Gasteiger partial charge < -0.3 is 15.2 Å². The van der Waals surface area contributed by atoms with Gasteiger partial charge in [0, 0.05) is 5.69 Å². The lowest BCUT2D eigenvalue weighted by molar-refractivity contribution is 0.102. The summed E-state index contributed by atoms with van der Waals surface area (Å²) in [5, 5.41) is 12.5. The van der Waals surface area contributed by atoms with Gasteiger partial charge in [-0.3, -0.25) is 4.79 Å². The SMILES string of the molecule is Cc1ccc(O)c(C(=O)Nc2ccc(OC(C)C)cc2)c1. The number of phenolic OH excluding ortho intramolecular Hbond substituents is 1. The zero-order chi connectivity index (χ0) is 15.4. The molecule has 0 radical (unpaired) electrons. The summed E-state index contributed by atoms with van der Waals surface area (Å²) in [5.74, 6) is 0.382. The number of hydrogen-bond donors (Lipinski definition) is 2. The van der Waals surface area contributed by atoms with E-state index in [-0.39, 0.29) is 23.3 Å². The number of anilines is 1. The lowest BCUT2D eigenvalue weighted by atomic mass is 10.1. The minimum Gasteiger partial charge on any atom is -0.507 e. The normalized spacial score (nSPS) is 10.5. The average Bonchev–Trinajstić information content (AvgIpc) is 2.43.